The molecule has 200 valence electrons. The summed E-state index contributed by atoms with van der Waals surface area (Å²) < 4.78 is 18.8. The summed E-state index contributed by atoms with van der Waals surface area (Å²) in [7, 11) is 1.36. The number of amides is 1. The number of ether oxygens (including phenoxy) is 1. The minimum absolute atomic E-state index is 0. The number of methoxy groups -OCH3 is 1. The van der Waals surface area contributed by atoms with Gasteiger partial charge in [0, 0.05) is 18.7 Å². The molecule has 0 spiro atoms. The molecule has 2 aromatic carbocycles. The molecule has 11 nitrogen and oxygen atoms in total. The fourth-order valence-corrected chi connectivity index (χ4v) is 3.22. The zero-order valence-electron chi connectivity index (χ0n) is 20.3. The number of aryl methyl sites for hydroxylation is 1. The summed E-state index contributed by atoms with van der Waals surface area (Å²) in [5.41, 5.74) is 8.26. The molecule has 0 unspecified atom stereocenters. The highest BCUT2D eigenvalue weighted by Crippen LogP contribution is 2.12. The smallest absolute Gasteiger partial charge is 0.354 e. The lowest BCUT2D eigenvalue weighted by atomic mass is 10.1. The second-order valence-corrected chi connectivity index (χ2v) is 8.00. The number of nitrogens with one attached hydrogen (secondary N) is 1. The molecule has 1 amide bonds. The number of nitrogens with zero attached hydrogens (tertiary/aromatic N) is 4. The van der Waals surface area contributed by atoms with Crippen molar-refractivity contribution in [3.63, 3.8) is 0 Å². The molecule has 1 atom stereocenters. The molecule has 0 aliphatic carbocycles. The highest BCUT2D eigenvalue weighted by atomic mass is 19.1. The van der Waals surface area contributed by atoms with Gasteiger partial charge in [0.05, 0.1) is 18.9 Å². The van der Waals surface area contributed by atoms with Crippen LogP contribution in [0.3, 0.4) is 0 Å². The molecule has 0 aliphatic heterocycles. The number of fused-ring (bicyclic) bond motifs is 1. The largest absolute Gasteiger partial charge is 0.477 e. The molecule has 0 fully saturated rings. The minimum Gasteiger partial charge on any atom is -0.477 e. The number of nitrogens with two attached hydrogens (primary N) is 1. The van der Waals surface area contributed by atoms with E-state index in [2.05, 4.69) is 25.3 Å². The summed E-state index contributed by atoms with van der Waals surface area (Å²) in [5.74, 6) is -2.45. The number of benzene rings is 2. The molecule has 2 heterocycles. The fourth-order valence-electron chi connectivity index (χ4n) is 3.22. The molecular weight excluding hydrogens is 495 g/mol. The van der Waals surface area contributed by atoms with Crippen LogP contribution in [-0.2, 0) is 11.3 Å². The van der Waals surface area contributed by atoms with Crippen LogP contribution in [0.15, 0.2) is 54.7 Å². The van der Waals surface area contributed by atoms with Crippen molar-refractivity contribution in [2.45, 2.75) is 33.9 Å². The van der Waals surface area contributed by atoms with Crippen molar-refractivity contribution in [1.29, 1.82) is 0 Å². The lowest BCUT2D eigenvalue weighted by Crippen LogP contribution is -2.25. The Morgan fingerprint density at radius 1 is 1.16 bits per heavy atom. The van der Waals surface area contributed by atoms with Crippen molar-refractivity contribution in [1.82, 2.24) is 25.1 Å². The van der Waals surface area contributed by atoms with E-state index in [1.807, 2.05) is 19.1 Å². The Morgan fingerprint density at radius 3 is 2.42 bits per heavy atom. The van der Waals surface area contributed by atoms with Crippen LogP contribution in [0.5, 0.6) is 0 Å². The van der Waals surface area contributed by atoms with Gasteiger partial charge in [-0.2, -0.15) is 4.52 Å². The van der Waals surface area contributed by atoms with E-state index in [9.17, 15) is 23.9 Å². The Hall–Kier alpha value is -4.71. The average molecular weight is 525 g/mol. The third kappa shape index (κ3) is 7.17. The highest BCUT2D eigenvalue weighted by Gasteiger charge is 2.17. The first-order chi connectivity index (χ1) is 17.6. The van der Waals surface area contributed by atoms with E-state index >= 15 is 0 Å². The number of hydrogen-bond acceptors (Lipinski definition) is 8. The summed E-state index contributed by atoms with van der Waals surface area (Å²) in [6.07, 6.45) is 1.26. The number of halogens is 1. The predicted molar refractivity (Wildman–Crippen MR) is 137 cm³/mol. The van der Waals surface area contributed by atoms with Gasteiger partial charge < -0.3 is 20.9 Å². The number of carbonyl (C=O) groups excluding carboxylic acids is 2. The second kappa shape index (κ2) is 13.0. The van der Waals surface area contributed by atoms with E-state index < -0.39 is 11.9 Å². The topological polar surface area (TPSA) is 162 Å². The van der Waals surface area contributed by atoms with Gasteiger partial charge >= 0.3 is 11.9 Å². The highest BCUT2D eigenvalue weighted by molar-refractivity contribution is 5.95. The van der Waals surface area contributed by atoms with Crippen molar-refractivity contribution in [2.24, 2.45) is 5.73 Å². The summed E-state index contributed by atoms with van der Waals surface area (Å²) in [5, 5.41) is 19.0. The lowest BCUT2D eigenvalue weighted by molar-refractivity contribution is 0.0599. The van der Waals surface area contributed by atoms with Crippen LogP contribution in [0, 0.1) is 12.7 Å². The van der Waals surface area contributed by atoms with Crippen LogP contribution in [0.25, 0.3) is 5.65 Å². The van der Waals surface area contributed by atoms with Crippen LogP contribution in [-0.4, -0.2) is 49.9 Å². The molecule has 4 rings (SSSR count). The van der Waals surface area contributed by atoms with Crippen molar-refractivity contribution >= 4 is 23.5 Å². The number of esters is 1. The third-order valence-corrected chi connectivity index (χ3v) is 5.25. The number of aromatic nitrogens is 4. The quantitative estimate of drug-likeness (QED) is 0.321. The maximum Gasteiger partial charge on any atom is 0.354 e. The molecule has 2 aromatic heterocycles. The van der Waals surface area contributed by atoms with E-state index in [-0.39, 0.29) is 48.8 Å². The van der Waals surface area contributed by atoms with Crippen molar-refractivity contribution in [3.8, 4) is 0 Å². The van der Waals surface area contributed by atoms with E-state index in [4.69, 9.17) is 5.73 Å². The van der Waals surface area contributed by atoms with E-state index in [0.717, 1.165) is 16.1 Å². The molecule has 0 saturated carbocycles. The summed E-state index contributed by atoms with van der Waals surface area (Å²) in [6, 6.07) is 12.7. The van der Waals surface area contributed by atoms with Crippen LogP contribution in [0.4, 0.5) is 4.39 Å². The van der Waals surface area contributed by atoms with Gasteiger partial charge in [0.2, 0.25) is 0 Å². The molecule has 38 heavy (non-hydrogen) atoms. The minimum atomic E-state index is -1.25. The molecule has 0 bridgehead atoms. The second-order valence-electron chi connectivity index (χ2n) is 8.00. The van der Waals surface area contributed by atoms with Gasteiger partial charge in [-0.3, -0.25) is 4.79 Å². The average Bonchev–Trinajstić information content (AvgIpc) is 3.37. The van der Waals surface area contributed by atoms with Gasteiger partial charge in [0.25, 0.3) is 5.91 Å². The summed E-state index contributed by atoms with van der Waals surface area (Å²) in [4.78, 5) is 38.5. The van der Waals surface area contributed by atoms with Gasteiger partial charge in [-0.25, -0.2) is 19.0 Å². The molecule has 4 N–H and O–H groups in total. The van der Waals surface area contributed by atoms with E-state index in [1.54, 1.807) is 31.2 Å². The molecule has 0 saturated heterocycles. The lowest BCUT2D eigenvalue weighted by Gasteiger charge is -2.07. The zero-order valence-corrected chi connectivity index (χ0v) is 20.3. The van der Waals surface area contributed by atoms with Crippen LogP contribution in [0.2, 0.25) is 0 Å². The first-order valence-electron chi connectivity index (χ1n) is 11.0. The number of hydrogen-bond donors (Lipinski definition) is 3. The van der Waals surface area contributed by atoms with Gasteiger partial charge in [0.15, 0.2) is 11.3 Å². The Bertz CT molecular complexity index is 1440. The number of carboxylic acids is 1. The SMILES string of the molecule is C.COC(=O)c1ccc([C@@H](C)N)cc1.Cc1cc(CNC(=O)c2cc(C(=O)O)n3nncc3n2)ccc1F. The Balaban J connectivity index is 0.000000309. The third-order valence-electron chi connectivity index (χ3n) is 5.25. The molecule has 0 aliphatic rings. The number of aromatic carboxylic acids is 1. The Kier molecular flexibility index (Phi) is 10.1. The predicted octanol–water partition coefficient (Wildman–Crippen LogP) is 3.33. The van der Waals surface area contributed by atoms with Crippen molar-refractivity contribution < 1.29 is 28.6 Å². The Morgan fingerprint density at radius 2 is 1.84 bits per heavy atom. The number of rotatable bonds is 6. The van der Waals surface area contributed by atoms with Crippen molar-refractivity contribution in [3.05, 3.63) is 94.2 Å². The molecular formula is C26H29FN6O5. The molecule has 0 radical (unpaired) electrons. The number of carboxylic acid groups (broad SMARTS) is 1. The van der Waals surface area contributed by atoms with E-state index in [1.165, 1.54) is 19.4 Å². The fraction of sp³-hybridized carbons (Fsp3) is 0.231. The van der Waals surface area contributed by atoms with Gasteiger partial charge in [-0.15, -0.1) is 5.10 Å². The first kappa shape index (κ1) is 29.5. The Labute approximate surface area is 218 Å². The summed E-state index contributed by atoms with van der Waals surface area (Å²) >= 11 is 0. The maximum absolute atomic E-state index is 13.2. The number of carbonyl (C=O) groups is 3. The monoisotopic (exact) mass is 524 g/mol. The van der Waals surface area contributed by atoms with Crippen LogP contribution >= 0.6 is 0 Å². The van der Waals surface area contributed by atoms with Crippen molar-refractivity contribution in [2.75, 3.05) is 7.11 Å². The standard InChI is InChI=1S/C15H12FN5O3.C10H13NO2.CH4/c1-8-4-9(2-3-10(8)16)6-17-14(22)11-5-12(15(23)24)21-13(19-11)7-18-20-21;1-7(11)8-3-5-9(6-4-8)10(12)13-2;/h2-5,7H,6H2,1H3,(H,17,22)(H,23,24);3-7H,11H2,1-2H3;1H4/t;7-;/m.1./s1. The van der Waals surface area contributed by atoms with Gasteiger partial charge in [-0.05, 0) is 48.7 Å². The van der Waals surface area contributed by atoms with Gasteiger partial charge in [0.1, 0.15) is 11.5 Å². The molecule has 12 heteroatoms. The van der Waals surface area contributed by atoms with Gasteiger partial charge in [-0.1, -0.05) is 36.9 Å². The first-order valence-corrected chi connectivity index (χ1v) is 11.0. The zero-order chi connectivity index (χ0) is 27.1. The van der Waals surface area contributed by atoms with Crippen LogP contribution < -0.4 is 11.1 Å². The molecule has 4 aromatic rings. The maximum atomic E-state index is 13.2. The summed E-state index contributed by atoms with van der Waals surface area (Å²) in [6.45, 7) is 3.68. The van der Waals surface area contributed by atoms with Crippen LogP contribution in [0.1, 0.15) is 68.4 Å². The van der Waals surface area contributed by atoms with E-state index in [0.29, 0.717) is 16.7 Å². The normalized spacial score (nSPS) is 11.0.